The summed E-state index contributed by atoms with van der Waals surface area (Å²) in [5.74, 6) is 0.00272. The number of aromatic nitrogens is 5. The summed E-state index contributed by atoms with van der Waals surface area (Å²) in [6.45, 7) is 0. The Bertz CT molecular complexity index is 1830. The minimum Gasteiger partial charge on any atom is -0.422 e. The molecule has 2 aromatic carbocycles. The zero-order valence-electron chi connectivity index (χ0n) is 18.4. The predicted molar refractivity (Wildman–Crippen MR) is 138 cm³/mol. The van der Waals surface area contributed by atoms with Crippen molar-refractivity contribution in [2.24, 2.45) is 0 Å². The highest BCUT2D eigenvalue weighted by Gasteiger charge is 2.15. The number of halogens is 1. The summed E-state index contributed by atoms with van der Waals surface area (Å²) in [4.78, 5) is 29.5. The van der Waals surface area contributed by atoms with Crippen LogP contribution >= 0.6 is 15.9 Å². The lowest BCUT2D eigenvalue weighted by Gasteiger charge is -2.08. The Labute approximate surface area is 211 Å². The van der Waals surface area contributed by atoms with Crippen LogP contribution in [-0.2, 0) is 0 Å². The third kappa shape index (κ3) is 4.03. The van der Waals surface area contributed by atoms with E-state index in [1.807, 2.05) is 30.3 Å². The van der Waals surface area contributed by atoms with Crippen molar-refractivity contribution >= 4 is 44.1 Å². The summed E-state index contributed by atoms with van der Waals surface area (Å²) in [6, 6.07) is 21.3. The van der Waals surface area contributed by atoms with Crippen molar-refractivity contribution in [3.63, 3.8) is 0 Å². The number of rotatable bonds is 4. The topological polar surface area (TPSA) is 115 Å². The Morgan fingerprint density at radius 1 is 0.944 bits per heavy atom. The van der Waals surface area contributed by atoms with Crippen LogP contribution in [0.4, 0.5) is 5.69 Å². The van der Waals surface area contributed by atoms with Crippen LogP contribution in [0.1, 0.15) is 10.4 Å². The Kier molecular flexibility index (Phi) is 5.34. The molecular weight excluding hydrogens is 524 g/mol. The molecule has 0 aliphatic rings. The molecule has 6 rings (SSSR count). The highest BCUT2D eigenvalue weighted by Crippen LogP contribution is 2.24. The number of amides is 1. The standard InChI is InChI=1S/C26H15BrN6O3/c27-18-6-8-22-17(11-18)13-20(26(35)36-22)25(34)29-19-5-1-3-15(12-19)21-7-9-23-30-31-24(33(23)32-21)16-4-2-10-28-14-16/h1-14H,(H,29,34). The van der Waals surface area contributed by atoms with Gasteiger partial charge in [0.15, 0.2) is 11.5 Å². The maximum Gasteiger partial charge on any atom is 0.349 e. The zero-order chi connectivity index (χ0) is 24.6. The minimum atomic E-state index is -0.707. The van der Waals surface area contributed by atoms with Gasteiger partial charge in [-0.05, 0) is 60.7 Å². The van der Waals surface area contributed by atoms with Gasteiger partial charge in [-0.2, -0.15) is 9.61 Å². The third-order valence-corrected chi connectivity index (χ3v) is 6.03. The van der Waals surface area contributed by atoms with Gasteiger partial charge in [-0.25, -0.2) is 4.79 Å². The molecule has 174 valence electrons. The van der Waals surface area contributed by atoms with Crippen molar-refractivity contribution in [2.45, 2.75) is 0 Å². The molecule has 0 radical (unpaired) electrons. The SMILES string of the molecule is O=C(Nc1cccc(-c2ccc3nnc(-c4cccnc4)n3n2)c1)c1cc2cc(Br)ccc2oc1=O. The zero-order valence-corrected chi connectivity index (χ0v) is 20.0. The van der Waals surface area contributed by atoms with Crippen LogP contribution in [0, 0.1) is 0 Å². The number of benzene rings is 2. The van der Waals surface area contributed by atoms with Gasteiger partial charge in [-0.3, -0.25) is 9.78 Å². The first kappa shape index (κ1) is 21.8. The molecule has 0 aliphatic carbocycles. The number of hydrogen-bond donors (Lipinski definition) is 1. The number of carbonyl (C=O) groups excluding carboxylic acids is 1. The van der Waals surface area contributed by atoms with Gasteiger partial charge in [-0.15, -0.1) is 10.2 Å². The maximum atomic E-state index is 12.9. The fourth-order valence-corrected chi connectivity index (χ4v) is 4.20. The third-order valence-electron chi connectivity index (χ3n) is 5.54. The van der Waals surface area contributed by atoms with E-state index in [-0.39, 0.29) is 5.56 Å². The second-order valence-corrected chi connectivity index (χ2v) is 8.83. The Balaban J connectivity index is 1.32. The van der Waals surface area contributed by atoms with E-state index < -0.39 is 11.5 Å². The van der Waals surface area contributed by atoms with Gasteiger partial charge in [0.2, 0.25) is 0 Å². The molecule has 0 atom stereocenters. The van der Waals surface area contributed by atoms with E-state index in [1.165, 1.54) is 6.07 Å². The van der Waals surface area contributed by atoms with Crippen molar-refractivity contribution in [1.82, 2.24) is 24.8 Å². The molecule has 0 saturated carbocycles. The molecule has 4 heterocycles. The van der Waals surface area contributed by atoms with Gasteiger partial charge in [-0.1, -0.05) is 28.1 Å². The van der Waals surface area contributed by atoms with Gasteiger partial charge >= 0.3 is 5.63 Å². The van der Waals surface area contributed by atoms with Crippen LogP contribution in [0.15, 0.2) is 98.9 Å². The first-order valence-electron chi connectivity index (χ1n) is 10.8. The lowest BCUT2D eigenvalue weighted by Crippen LogP contribution is -2.20. The van der Waals surface area contributed by atoms with Gasteiger partial charge in [0.25, 0.3) is 5.91 Å². The summed E-state index contributed by atoms with van der Waals surface area (Å²) in [5, 5.41) is 16.5. The first-order chi connectivity index (χ1) is 17.5. The van der Waals surface area contributed by atoms with E-state index >= 15 is 0 Å². The summed E-state index contributed by atoms with van der Waals surface area (Å²) in [6.07, 6.45) is 3.38. The molecule has 0 unspecified atom stereocenters. The van der Waals surface area contributed by atoms with Crippen LogP contribution in [0.5, 0.6) is 0 Å². The number of carbonyl (C=O) groups is 1. The van der Waals surface area contributed by atoms with Crippen LogP contribution in [0.3, 0.4) is 0 Å². The van der Waals surface area contributed by atoms with Crippen LogP contribution in [0.25, 0.3) is 39.3 Å². The van der Waals surface area contributed by atoms with Gasteiger partial charge < -0.3 is 9.73 Å². The van der Waals surface area contributed by atoms with Gasteiger partial charge in [0, 0.05) is 39.1 Å². The summed E-state index contributed by atoms with van der Waals surface area (Å²) >= 11 is 3.39. The monoisotopic (exact) mass is 538 g/mol. The number of hydrogen-bond acceptors (Lipinski definition) is 7. The fraction of sp³-hybridized carbons (Fsp3) is 0. The second kappa shape index (κ2) is 8.82. The first-order valence-corrected chi connectivity index (χ1v) is 11.6. The Morgan fingerprint density at radius 3 is 2.69 bits per heavy atom. The lowest BCUT2D eigenvalue weighted by molar-refractivity contribution is 0.102. The lowest BCUT2D eigenvalue weighted by atomic mass is 10.1. The normalized spacial score (nSPS) is 11.1. The molecular formula is C26H15BrN6O3. The molecule has 0 aliphatic heterocycles. The predicted octanol–water partition coefficient (Wildman–Crippen LogP) is 4.97. The van der Waals surface area contributed by atoms with Gasteiger partial charge in [0.05, 0.1) is 5.69 Å². The summed E-state index contributed by atoms with van der Waals surface area (Å²) in [5.41, 5.74) is 2.91. The molecule has 0 spiro atoms. The van der Waals surface area contributed by atoms with Crippen LogP contribution < -0.4 is 10.9 Å². The van der Waals surface area contributed by atoms with E-state index in [4.69, 9.17) is 9.52 Å². The average Bonchev–Trinajstić information content (AvgIpc) is 3.32. The van der Waals surface area contributed by atoms with E-state index in [0.717, 1.165) is 15.6 Å². The van der Waals surface area contributed by atoms with E-state index in [0.29, 0.717) is 33.8 Å². The average molecular weight is 539 g/mol. The molecule has 1 N–H and O–H groups in total. The molecule has 0 bridgehead atoms. The van der Waals surface area contributed by atoms with Crippen molar-refractivity contribution in [3.8, 4) is 22.6 Å². The molecule has 0 saturated heterocycles. The van der Waals surface area contributed by atoms with Crippen molar-refractivity contribution < 1.29 is 9.21 Å². The summed E-state index contributed by atoms with van der Waals surface area (Å²) in [7, 11) is 0. The Hall–Kier alpha value is -4.70. The van der Waals surface area contributed by atoms with Crippen LogP contribution in [-0.4, -0.2) is 30.7 Å². The molecule has 6 aromatic rings. The van der Waals surface area contributed by atoms with Crippen LogP contribution in [0.2, 0.25) is 0 Å². The molecule has 9 nitrogen and oxygen atoms in total. The van der Waals surface area contributed by atoms with E-state index in [1.54, 1.807) is 53.3 Å². The number of pyridine rings is 1. The number of nitrogens with one attached hydrogen (secondary N) is 1. The quantitative estimate of drug-likeness (QED) is 0.315. The molecule has 1 amide bonds. The number of anilines is 1. The number of nitrogens with zero attached hydrogens (tertiary/aromatic N) is 5. The largest absolute Gasteiger partial charge is 0.422 e. The Morgan fingerprint density at radius 2 is 1.83 bits per heavy atom. The maximum absolute atomic E-state index is 12.9. The molecule has 0 fully saturated rings. The minimum absolute atomic E-state index is 0.0869. The number of fused-ring (bicyclic) bond motifs is 2. The van der Waals surface area contributed by atoms with Gasteiger partial charge in [0.1, 0.15) is 11.1 Å². The summed E-state index contributed by atoms with van der Waals surface area (Å²) < 4.78 is 7.78. The van der Waals surface area contributed by atoms with Crippen molar-refractivity contribution in [2.75, 3.05) is 5.32 Å². The fourth-order valence-electron chi connectivity index (χ4n) is 3.83. The van der Waals surface area contributed by atoms with Crippen molar-refractivity contribution in [1.29, 1.82) is 0 Å². The highest BCUT2D eigenvalue weighted by atomic mass is 79.9. The highest BCUT2D eigenvalue weighted by molar-refractivity contribution is 9.10. The molecule has 36 heavy (non-hydrogen) atoms. The molecule has 10 heteroatoms. The van der Waals surface area contributed by atoms with E-state index in [9.17, 15) is 9.59 Å². The second-order valence-electron chi connectivity index (χ2n) is 7.92. The van der Waals surface area contributed by atoms with E-state index in [2.05, 4.69) is 36.4 Å². The smallest absolute Gasteiger partial charge is 0.349 e. The van der Waals surface area contributed by atoms with Crippen molar-refractivity contribution in [3.05, 3.63) is 106 Å². The molecule has 4 aromatic heterocycles.